The summed E-state index contributed by atoms with van der Waals surface area (Å²) in [6.45, 7) is -0.241. The first-order valence-corrected chi connectivity index (χ1v) is 5.18. The van der Waals surface area contributed by atoms with Crippen molar-refractivity contribution in [3.05, 3.63) is 0 Å². The predicted molar refractivity (Wildman–Crippen MR) is 61.2 cm³/mol. The van der Waals surface area contributed by atoms with Gasteiger partial charge in [-0.15, -0.1) is 0 Å². The van der Waals surface area contributed by atoms with Crippen LogP contribution in [0.4, 0.5) is 0 Å². The Kier molecular flexibility index (Phi) is 12.9. The van der Waals surface area contributed by atoms with Crippen molar-refractivity contribution in [1.29, 1.82) is 0 Å². The van der Waals surface area contributed by atoms with Gasteiger partial charge in [0, 0.05) is 11.0 Å². The first-order valence-electron chi connectivity index (χ1n) is 3.40. The van der Waals surface area contributed by atoms with Gasteiger partial charge in [0.2, 0.25) is 0 Å². The lowest BCUT2D eigenvalue weighted by Crippen LogP contribution is -2.25. The molecule has 4 nitrogen and oxygen atoms in total. The van der Waals surface area contributed by atoms with E-state index in [1.807, 2.05) is 0 Å². The molecule has 0 unspecified atom stereocenters. The third-order valence-corrected chi connectivity index (χ3v) is 2.43. The van der Waals surface area contributed by atoms with E-state index < -0.39 is 12.1 Å². The third kappa shape index (κ3) is 12.4. The Labute approximate surface area is 93.6 Å². The van der Waals surface area contributed by atoms with Crippen molar-refractivity contribution in [2.75, 3.05) is 18.1 Å². The zero-order valence-electron chi connectivity index (χ0n) is 6.87. The van der Waals surface area contributed by atoms with Crippen LogP contribution in [0.2, 0.25) is 0 Å². The number of rotatable bonds is 4. The summed E-state index contributed by atoms with van der Waals surface area (Å²) in [7, 11) is 0. The van der Waals surface area contributed by atoms with E-state index in [0.717, 1.165) is 0 Å². The number of hydrogen-bond donors (Lipinski definition) is 6. The molecule has 0 aromatic rings. The zero-order chi connectivity index (χ0) is 10.9. The van der Waals surface area contributed by atoms with Crippen LogP contribution < -0.4 is 0 Å². The molecule has 7 heteroatoms. The molecule has 0 rings (SSSR count). The number of aliphatic hydroxyl groups excluding tert-OH is 2. The van der Waals surface area contributed by atoms with Gasteiger partial charge in [-0.1, -0.05) is 0 Å². The highest BCUT2D eigenvalue weighted by molar-refractivity contribution is 7.84. The minimum absolute atomic E-state index is 0.0833. The molecular formula is C6H14O4S3. The molecule has 0 aromatic carbocycles. The highest BCUT2D eigenvalue weighted by Crippen LogP contribution is 2.02. The maximum atomic E-state index is 9.29. The fourth-order valence-electron chi connectivity index (χ4n) is 0.243. The Hall–Kier alpha value is 0.440. The average Bonchev–Trinajstić information content (AvgIpc) is 2.16. The minimum Gasteiger partial charge on any atom is -0.481 e. The van der Waals surface area contributed by atoms with Gasteiger partial charge in [-0.2, -0.15) is 37.9 Å². The maximum Gasteiger partial charge on any atom is 0.313 e. The van der Waals surface area contributed by atoms with Crippen molar-refractivity contribution in [2.45, 2.75) is 11.4 Å². The van der Waals surface area contributed by atoms with Gasteiger partial charge < -0.3 is 15.3 Å². The number of aliphatic carboxylic acids is 1. The summed E-state index contributed by atoms with van der Waals surface area (Å²) >= 11 is 11.2. The van der Waals surface area contributed by atoms with Crippen LogP contribution in [-0.2, 0) is 4.79 Å². The molecule has 2 atom stereocenters. The highest BCUT2D eigenvalue weighted by Gasteiger charge is 2.10. The molecule has 0 aliphatic heterocycles. The fraction of sp³-hybridized carbons (Fsp3) is 0.833. The summed E-state index contributed by atoms with van der Waals surface area (Å²) in [5.41, 5.74) is 0. The van der Waals surface area contributed by atoms with E-state index in [9.17, 15) is 4.79 Å². The van der Waals surface area contributed by atoms with E-state index in [1.165, 1.54) is 0 Å². The average molecular weight is 246 g/mol. The zero-order valence-corrected chi connectivity index (χ0v) is 9.55. The molecular weight excluding hydrogens is 232 g/mol. The summed E-state index contributed by atoms with van der Waals surface area (Å²) in [6, 6.07) is 0. The van der Waals surface area contributed by atoms with E-state index >= 15 is 0 Å². The summed E-state index contributed by atoms with van der Waals surface area (Å²) < 4.78 is 0. The van der Waals surface area contributed by atoms with Gasteiger partial charge in [0.05, 0.1) is 18.5 Å². The Morgan fingerprint density at radius 2 is 1.77 bits per heavy atom. The van der Waals surface area contributed by atoms with Crippen molar-refractivity contribution in [3.63, 3.8) is 0 Å². The van der Waals surface area contributed by atoms with Gasteiger partial charge in [0.15, 0.2) is 0 Å². The molecule has 0 aliphatic carbocycles. The first kappa shape index (κ1) is 15.9. The van der Waals surface area contributed by atoms with Crippen LogP contribution in [0, 0.1) is 0 Å². The second-order valence-electron chi connectivity index (χ2n) is 2.05. The number of carboxylic acids is 1. The Balaban J connectivity index is 0. The summed E-state index contributed by atoms with van der Waals surface area (Å²) in [5.74, 6) is -0.487. The van der Waals surface area contributed by atoms with Crippen molar-refractivity contribution in [1.82, 2.24) is 0 Å². The van der Waals surface area contributed by atoms with E-state index in [-0.39, 0.29) is 17.6 Å². The SMILES string of the molecule is O=C(O)CS.OC[C@@H](O)[C@H](S)CS. The van der Waals surface area contributed by atoms with Gasteiger partial charge >= 0.3 is 5.97 Å². The quantitative estimate of drug-likeness (QED) is 0.381. The highest BCUT2D eigenvalue weighted by atomic mass is 32.1. The van der Waals surface area contributed by atoms with Crippen LogP contribution in [-0.4, -0.2) is 50.8 Å². The van der Waals surface area contributed by atoms with Crippen LogP contribution in [0.3, 0.4) is 0 Å². The molecule has 0 spiro atoms. The number of aliphatic hydroxyl groups is 2. The Bertz CT molecular complexity index is 125. The lowest BCUT2D eigenvalue weighted by molar-refractivity contribution is -0.133. The number of carboxylic acid groups (broad SMARTS) is 1. The van der Waals surface area contributed by atoms with Gasteiger partial charge in [-0.05, 0) is 0 Å². The van der Waals surface area contributed by atoms with E-state index in [2.05, 4.69) is 37.9 Å². The van der Waals surface area contributed by atoms with Crippen molar-refractivity contribution < 1.29 is 20.1 Å². The molecule has 0 saturated carbocycles. The number of hydrogen-bond acceptors (Lipinski definition) is 6. The van der Waals surface area contributed by atoms with Crippen LogP contribution >= 0.6 is 37.9 Å². The van der Waals surface area contributed by atoms with E-state index in [4.69, 9.17) is 15.3 Å². The van der Waals surface area contributed by atoms with Crippen LogP contribution in [0.1, 0.15) is 0 Å². The largest absolute Gasteiger partial charge is 0.481 e. The predicted octanol–water partition coefficient (Wildman–Crippen LogP) is -0.431. The fourth-order valence-corrected chi connectivity index (χ4v) is 0.581. The smallest absolute Gasteiger partial charge is 0.313 e. The van der Waals surface area contributed by atoms with E-state index in [0.29, 0.717) is 5.75 Å². The molecule has 0 radical (unpaired) electrons. The van der Waals surface area contributed by atoms with Crippen LogP contribution in [0.5, 0.6) is 0 Å². The monoisotopic (exact) mass is 246 g/mol. The molecule has 13 heavy (non-hydrogen) atoms. The lowest BCUT2D eigenvalue weighted by atomic mass is 10.3. The molecule has 0 aliphatic rings. The normalized spacial score (nSPS) is 13.9. The summed E-state index contributed by atoms with van der Waals surface area (Å²) in [4.78, 5) is 9.29. The second-order valence-corrected chi connectivity index (χ2v) is 3.40. The van der Waals surface area contributed by atoms with Crippen LogP contribution in [0.25, 0.3) is 0 Å². The van der Waals surface area contributed by atoms with E-state index in [1.54, 1.807) is 0 Å². The summed E-state index contributed by atoms with van der Waals surface area (Å²) in [5, 5.41) is 24.5. The van der Waals surface area contributed by atoms with Gasteiger partial charge in [0.25, 0.3) is 0 Å². The Morgan fingerprint density at radius 1 is 1.38 bits per heavy atom. The lowest BCUT2D eigenvalue weighted by Gasteiger charge is -2.11. The first-order chi connectivity index (χ1) is 5.99. The molecule has 3 N–H and O–H groups in total. The molecule has 0 saturated heterocycles. The summed E-state index contributed by atoms with van der Waals surface area (Å²) in [6.07, 6.45) is -0.740. The third-order valence-electron chi connectivity index (χ3n) is 0.954. The molecule has 0 aromatic heterocycles. The van der Waals surface area contributed by atoms with Crippen molar-refractivity contribution in [3.8, 4) is 0 Å². The molecule has 0 fully saturated rings. The Morgan fingerprint density at radius 3 is 1.85 bits per heavy atom. The van der Waals surface area contributed by atoms with Crippen molar-refractivity contribution in [2.24, 2.45) is 0 Å². The van der Waals surface area contributed by atoms with Gasteiger partial charge in [0.1, 0.15) is 0 Å². The molecule has 0 amide bonds. The van der Waals surface area contributed by atoms with Crippen molar-refractivity contribution >= 4 is 43.9 Å². The topological polar surface area (TPSA) is 77.8 Å². The van der Waals surface area contributed by atoms with Gasteiger partial charge in [-0.3, -0.25) is 4.79 Å². The molecule has 80 valence electrons. The standard InChI is InChI=1S/C4H10O2S2.C2H4O2S/c5-1-3(6)4(8)2-7;3-2(4)1-5/h3-8H,1-2H2;5H,1H2,(H,3,4)/t3-,4-;/m1./s1. The molecule has 0 bridgehead atoms. The number of thiol groups is 3. The molecule has 0 heterocycles. The van der Waals surface area contributed by atoms with Gasteiger partial charge in [-0.25, -0.2) is 0 Å². The van der Waals surface area contributed by atoms with Crippen LogP contribution in [0.15, 0.2) is 0 Å². The number of carbonyl (C=O) groups is 1. The maximum absolute atomic E-state index is 9.29. The second kappa shape index (κ2) is 10.5. The minimum atomic E-state index is -0.881.